The summed E-state index contributed by atoms with van der Waals surface area (Å²) in [6, 6.07) is 0. The van der Waals surface area contributed by atoms with Crippen LogP contribution >= 0.6 is 37.2 Å². The van der Waals surface area contributed by atoms with E-state index in [-0.39, 0.29) is 89.6 Å². The van der Waals surface area contributed by atoms with Crippen LogP contribution in [-0.4, -0.2) is 32.9 Å². The SMILES string of the molecule is Cl.Cl.Cl.O.O.O.O.O.O.[Rh]. The topological polar surface area (TPSA) is 189 Å². The van der Waals surface area contributed by atoms with E-state index in [1.54, 1.807) is 0 Å². The maximum Gasteiger partial charge on any atom is 0 e. The normalized spacial score (nSPS) is 0. The van der Waals surface area contributed by atoms with E-state index < -0.39 is 0 Å². The molecule has 0 aliphatic carbocycles. The van der Waals surface area contributed by atoms with Crippen LogP contribution in [0.15, 0.2) is 0 Å². The van der Waals surface area contributed by atoms with E-state index in [0.717, 1.165) is 0 Å². The Morgan fingerprint density at radius 2 is 0.300 bits per heavy atom. The Hall–Kier alpha value is 1.25. The van der Waals surface area contributed by atoms with Gasteiger partial charge in [0.05, 0.1) is 0 Å². The van der Waals surface area contributed by atoms with Gasteiger partial charge in [0.15, 0.2) is 0 Å². The summed E-state index contributed by atoms with van der Waals surface area (Å²) >= 11 is 0. The molecule has 0 rings (SSSR count). The summed E-state index contributed by atoms with van der Waals surface area (Å²) in [6.07, 6.45) is 0. The molecule has 81 valence electrons. The van der Waals surface area contributed by atoms with Crippen molar-refractivity contribution in [3.05, 3.63) is 0 Å². The summed E-state index contributed by atoms with van der Waals surface area (Å²) in [5.41, 5.74) is 0. The number of halogens is 3. The molecule has 0 aromatic rings. The smallest absolute Gasteiger partial charge is 0 e. The van der Waals surface area contributed by atoms with Crippen LogP contribution in [0.2, 0.25) is 0 Å². The van der Waals surface area contributed by atoms with Gasteiger partial charge < -0.3 is 32.9 Å². The van der Waals surface area contributed by atoms with Gasteiger partial charge in [-0.25, -0.2) is 0 Å². The van der Waals surface area contributed by atoms with E-state index >= 15 is 0 Å². The Morgan fingerprint density at radius 3 is 0.300 bits per heavy atom. The van der Waals surface area contributed by atoms with Gasteiger partial charge in [-0.15, -0.1) is 37.2 Å². The van der Waals surface area contributed by atoms with Crippen LogP contribution < -0.4 is 0 Å². The Balaban J connectivity index is 0. The monoisotopic (exact) mass is 319 g/mol. The van der Waals surface area contributed by atoms with Gasteiger partial charge in [0.1, 0.15) is 0 Å². The molecule has 0 heterocycles. The van der Waals surface area contributed by atoms with Crippen molar-refractivity contribution in [2.45, 2.75) is 0 Å². The third-order valence-electron chi connectivity index (χ3n) is 0. The summed E-state index contributed by atoms with van der Waals surface area (Å²) in [6.45, 7) is 0. The molecule has 0 aliphatic heterocycles. The summed E-state index contributed by atoms with van der Waals surface area (Å²) in [7, 11) is 0. The largest absolute Gasteiger partial charge is 0.412 e. The van der Waals surface area contributed by atoms with Crippen LogP contribution in [0.5, 0.6) is 0 Å². The van der Waals surface area contributed by atoms with Crippen LogP contribution in [0.25, 0.3) is 0 Å². The van der Waals surface area contributed by atoms with Crippen molar-refractivity contribution in [3.63, 3.8) is 0 Å². The number of hydrogen-bond donors (Lipinski definition) is 0. The quantitative estimate of drug-likeness (QED) is 0.397. The van der Waals surface area contributed by atoms with E-state index in [2.05, 4.69) is 0 Å². The number of rotatable bonds is 0. The zero-order valence-electron chi connectivity index (χ0n) is 4.56. The zero-order valence-corrected chi connectivity index (χ0v) is 8.65. The molecule has 1 radical (unpaired) electrons. The molecule has 0 saturated carbocycles. The molecule has 0 aromatic heterocycles. The fraction of sp³-hybridized carbons (Fsp3) is 0. The van der Waals surface area contributed by atoms with Gasteiger partial charge in [-0.3, -0.25) is 0 Å². The molecule has 12 N–H and O–H groups in total. The standard InChI is InChI=1S/3ClH.6H2O.Rh/h3*1H;6*1H2;. The Bertz CT molecular complexity index is 13.0. The van der Waals surface area contributed by atoms with Crippen molar-refractivity contribution in [2.24, 2.45) is 0 Å². The van der Waals surface area contributed by atoms with Crippen molar-refractivity contribution >= 4 is 37.2 Å². The minimum absolute atomic E-state index is 0. The molecule has 0 bridgehead atoms. The molecule has 0 aliphatic rings. The molecule has 0 unspecified atom stereocenters. The van der Waals surface area contributed by atoms with Crippen LogP contribution in [-0.2, 0) is 19.5 Å². The van der Waals surface area contributed by atoms with Gasteiger partial charge >= 0.3 is 0 Å². The predicted molar refractivity (Wildman–Crippen MR) is 43.4 cm³/mol. The molecule has 10 heteroatoms. The van der Waals surface area contributed by atoms with E-state index in [4.69, 9.17) is 0 Å². The third kappa shape index (κ3) is 401. The second-order valence-corrected chi connectivity index (χ2v) is 0. The Kier molecular flexibility index (Phi) is 42100. The molecule has 0 spiro atoms. The summed E-state index contributed by atoms with van der Waals surface area (Å²) in [5, 5.41) is 0. The van der Waals surface area contributed by atoms with Crippen LogP contribution in [0, 0.1) is 0 Å². The van der Waals surface area contributed by atoms with Crippen molar-refractivity contribution < 1.29 is 52.3 Å². The van der Waals surface area contributed by atoms with E-state index in [0.29, 0.717) is 0 Å². The second-order valence-electron chi connectivity index (χ2n) is 0. The van der Waals surface area contributed by atoms with Crippen LogP contribution in [0.3, 0.4) is 0 Å². The average molecular weight is 320 g/mol. The molecule has 0 amide bonds. The van der Waals surface area contributed by atoms with Gasteiger partial charge in [-0.2, -0.15) is 0 Å². The molecular weight excluding hydrogens is 305 g/mol. The first-order chi connectivity index (χ1) is 0. The molecule has 0 saturated heterocycles. The molecule has 0 fully saturated rings. The van der Waals surface area contributed by atoms with Crippen molar-refractivity contribution in [1.82, 2.24) is 0 Å². The van der Waals surface area contributed by atoms with Gasteiger partial charge in [0, 0.05) is 19.5 Å². The van der Waals surface area contributed by atoms with Crippen molar-refractivity contribution in [3.8, 4) is 0 Å². The van der Waals surface area contributed by atoms with Gasteiger partial charge in [0.2, 0.25) is 0 Å². The Morgan fingerprint density at radius 1 is 0.300 bits per heavy atom. The van der Waals surface area contributed by atoms with Crippen molar-refractivity contribution in [1.29, 1.82) is 0 Å². The maximum atomic E-state index is 0. The summed E-state index contributed by atoms with van der Waals surface area (Å²) < 4.78 is 0. The molecule has 6 nitrogen and oxygen atoms in total. The van der Waals surface area contributed by atoms with Crippen LogP contribution in [0.4, 0.5) is 0 Å². The van der Waals surface area contributed by atoms with E-state index in [9.17, 15) is 0 Å². The fourth-order valence-electron chi connectivity index (χ4n) is 0. The first-order valence-electron chi connectivity index (χ1n) is 0. The van der Waals surface area contributed by atoms with Gasteiger partial charge in [-0.05, 0) is 0 Å². The minimum Gasteiger partial charge on any atom is -0.412 e. The fourth-order valence-corrected chi connectivity index (χ4v) is 0. The number of hydrogen-bond acceptors (Lipinski definition) is 0. The first kappa shape index (κ1) is 753. The van der Waals surface area contributed by atoms with Crippen molar-refractivity contribution in [2.75, 3.05) is 0 Å². The third-order valence-corrected chi connectivity index (χ3v) is 0. The minimum atomic E-state index is 0. The molecule has 0 aromatic carbocycles. The molecule has 0 atom stereocenters. The van der Waals surface area contributed by atoms with E-state index in [1.165, 1.54) is 0 Å². The average Bonchev–Trinajstić information content (AvgIpc) is 0. The van der Waals surface area contributed by atoms with Gasteiger partial charge in [-0.1, -0.05) is 0 Å². The maximum absolute atomic E-state index is 0. The Labute approximate surface area is 89.6 Å². The van der Waals surface area contributed by atoms with E-state index in [1.807, 2.05) is 0 Å². The first-order valence-corrected chi connectivity index (χ1v) is 0. The summed E-state index contributed by atoms with van der Waals surface area (Å²) in [4.78, 5) is 0. The zero-order chi connectivity index (χ0) is 0. The second kappa shape index (κ2) is 559. The van der Waals surface area contributed by atoms with Gasteiger partial charge in [0.25, 0.3) is 0 Å². The molecule has 10 heavy (non-hydrogen) atoms. The summed E-state index contributed by atoms with van der Waals surface area (Å²) in [5.74, 6) is 0. The predicted octanol–water partition coefficient (Wildman–Crippen LogP) is -3.69. The van der Waals surface area contributed by atoms with Crippen LogP contribution in [0.1, 0.15) is 0 Å². The molecular formula is H15Cl3O6Rh.